The molecular weight excluding hydrogens is 306 g/mol. The summed E-state index contributed by atoms with van der Waals surface area (Å²) < 4.78 is 26.6. The molecule has 0 aromatic carbocycles. The molecule has 2 aromatic rings. The fraction of sp³-hybridized carbons (Fsp3) is 0.273. The maximum absolute atomic E-state index is 12.1. The first-order valence-corrected chi connectivity index (χ1v) is 8.22. The van der Waals surface area contributed by atoms with Gasteiger partial charge in [-0.15, -0.1) is 11.3 Å². The summed E-state index contributed by atoms with van der Waals surface area (Å²) in [7, 11) is -3.67. The fourth-order valence-corrected chi connectivity index (χ4v) is 3.47. The predicted molar refractivity (Wildman–Crippen MR) is 76.3 cm³/mol. The van der Waals surface area contributed by atoms with Crippen LogP contribution in [0.1, 0.15) is 25.5 Å². The van der Waals surface area contributed by atoms with Gasteiger partial charge in [-0.1, -0.05) is 25.4 Å². The van der Waals surface area contributed by atoms with Gasteiger partial charge in [0, 0.05) is 11.6 Å². The van der Waals surface area contributed by atoms with Gasteiger partial charge in [0.15, 0.2) is 5.13 Å². The Balaban J connectivity index is 2.23. The molecule has 0 aliphatic heterocycles. The molecule has 0 saturated carbocycles. The standard InChI is InChI=1S/C11H12ClN3O2S2/c1-7(2)9-6-18-11(14-9)15-19(16,17)8-3-4-10(12)13-5-8/h3-7H,1-2H3,(H,14,15). The second-order valence-corrected chi connectivity index (χ2v) is 7.08. The Morgan fingerprint density at radius 3 is 2.63 bits per heavy atom. The second-order valence-electron chi connectivity index (χ2n) is 4.15. The molecule has 0 saturated heterocycles. The molecule has 0 unspecified atom stereocenters. The quantitative estimate of drug-likeness (QED) is 0.879. The fourth-order valence-electron chi connectivity index (χ4n) is 1.29. The molecule has 0 spiro atoms. The van der Waals surface area contributed by atoms with E-state index >= 15 is 0 Å². The van der Waals surface area contributed by atoms with Gasteiger partial charge in [-0.25, -0.2) is 18.4 Å². The molecule has 2 heterocycles. The normalized spacial score (nSPS) is 11.8. The monoisotopic (exact) mass is 317 g/mol. The van der Waals surface area contributed by atoms with Crippen LogP contribution in [0.15, 0.2) is 28.6 Å². The van der Waals surface area contributed by atoms with Crippen molar-refractivity contribution >= 4 is 38.1 Å². The van der Waals surface area contributed by atoms with Gasteiger partial charge < -0.3 is 0 Å². The predicted octanol–water partition coefficient (Wildman–Crippen LogP) is 3.12. The summed E-state index contributed by atoms with van der Waals surface area (Å²) in [6.07, 6.45) is 1.21. The van der Waals surface area contributed by atoms with Crippen LogP contribution < -0.4 is 4.72 Å². The average molecular weight is 318 g/mol. The number of sulfonamides is 1. The Labute approximate surface area is 120 Å². The molecule has 0 bridgehead atoms. The van der Waals surface area contributed by atoms with Crippen LogP contribution in [-0.4, -0.2) is 18.4 Å². The minimum Gasteiger partial charge on any atom is -0.255 e. The van der Waals surface area contributed by atoms with E-state index in [2.05, 4.69) is 14.7 Å². The van der Waals surface area contributed by atoms with Crippen molar-refractivity contribution in [1.82, 2.24) is 9.97 Å². The molecule has 19 heavy (non-hydrogen) atoms. The molecule has 0 atom stereocenters. The lowest BCUT2D eigenvalue weighted by Crippen LogP contribution is -2.13. The maximum Gasteiger partial charge on any atom is 0.265 e. The highest BCUT2D eigenvalue weighted by atomic mass is 35.5. The zero-order chi connectivity index (χ0) is 14.0. The lowest BCUT2D eigenvalue weighted by Gasteiger charge is -2.04. The van der Waals surface area contributed by atoms with E-state index in [4.69, 9.17) is 11.6 Å². The van der Waals surface area contributed by atoms with Gasteiger partial charge in [0.05, 0.1) is 5.69 Å². The van der Waals surface area contributed by atoms with Crippen LogP contribution in [0.25, 0.3) is 0 Å². The number of nitrogens with one attached hydrogen (secondary N) is 1. The molecule has 0 fully saturated rings. The van der Waals surface area contributed by atoms with Crippen LogP contribution >= 0.6 is 22.9 Å². The summed E-state index contributed by atoms with van der Waals surface area (Å²) in [5.74, 6) is 0.256. The van der Waals surface area contributed by atoms with Crippen LogP contribution in [0.3, 0.4) is 0 Å². The summed E-state index contributed by atoms with van der Waals surface area (Å²) in [6.45, 7) is 3.99. The third kappa shape index (κ3) is 3.43. The maximum atomic E-state index is 12.1. The van der Waals surface area contributed by atoms with Gasteiger partial charge in [-0.3, -0.25) is 4.72 Å². The molecule has 2 aromatic heterocycles. The topological polar surface area (TPSA) is 72.0 Å². The van der Waals surface area contributed by atoms with Crippen molar-refractivity contribution in [2.45, 2.75) is 24.7 Å². The van der Waals surface area contributed by atoms with E-state index in [0.717, 1.165) is 5.69 Å². The summed E-state index contributed by atoms with van der Waals surface area (Å²) in [4.78, 5) is 8.02. The molecule has 0 amide bonds. The number of halogens is 1. The van der Waals surface area contributed by atoms with E-state index < -0.39 is 10.0 Å². The van der Waals surface area contributed by atoms with Gasteiger partial charge in [-0.05, 0) is 18.1 Å². The highest BCUT2D eigenvalue weighted by molar-refractivity contribution is 7.93. The van der Waals surface area contributed by atoms with Crippen molar-refractivity contribution in [3.05, 3.63) is 34.6 Å². The Hall–Kier alpha value is -1.18. The van der Waals surface area contributed by atoms with Crippen LogP contribution in [0, 0.1) is 0 Å². The summed E-state index contributed by atoms with van der Waals surface area (Å²) in [6, 6.07) is 2.83. The molecule has 5 nitrogen and oxygen atoms in total. The first-order chi connectivity index (χ1) is 8.88. The first kappa shape index (κ1) is 14.2. The second kappa shape index (κ2) is 5.44. The van der Waals surface area contributed by atoms with E-state index in [1.807, 2.05) is 19.2 Å². The summed E-state index contributed by atoms with van der Waals surface area (Å²) >= 11 is 6.88. The Kier molecular flexibility index (Phi) is 4.07. The first-order valence-electron chi connectivity index (χ1n) is 5.48. The lowest BCUT2D eigenvalue weighted by molar-refractivity contribution is 0.600. The highest BCUT2D eigenvalue weighted by Gasteiger charge is 2.17. The number of anilines is 1. The van der Waals surface area contributed by atoms with Crippen molar-refractivity contribution < 1.29 is 8.42 Å². The molecule has 102 valence electrons. The van der Waals surface area contributed by atoms with Crippen LogP contribution in [0.2, 0.25) is 5.15 Å². The molecule has 0 radical (unpaired) electrons. The van der Waals surface area contributed by atoms with E-state index in [1.165, 1.54) is 29.7 Å². The number of hydrogen-bond acceptors (Lipinski definition) is 5. The van der Waals surface area contributed by atoms with Gasteiger partial charge in [0.25, 0.3) is 10.0 Å². The molecule has 8 heteroatoms. The number of aromatic nitrogens is 2. The summed E-state index contributed by atoms with van der Waals surface area (Å²) in [5, 5.41) is 2.43. The van der Waals surface area contributed by atoms with Crippen molar-refractivity contribution in [3.63, 3.8) is 0 Å². The molecule has 2 rings (SSSR count). The molecule has 0 aliphatic rings. The lowest BCUT2D eigenvalue weighted by atomic mass is 10.2. The number of nitrogens with zero attached hydrogens (tertiary/aromatic N) is 2. The number of hydrogen-bond donors (Lipinski definition) is 1. The smallest absolute Gasteiger partial charge is 0.255 e. The molecule has 0 aliphatic carbocycles. The van der Waals surface area contributed by atoms with E-state index in [1.54, 1.807) is 0 Å². The molecule has 1 N–H and O–H groups in total. The third-order valence-electron chi connectivity index (χ3n) is 2.35. The number of thiazole rings is 1. The van der Waals surface area contributed by atoms with Crippen molar-refractivity contribution in [1.29, 1.82) is 0 Å². The minimum absolute atomic E-state index is 0.0539. The van der Waals surface area contributed by atoms with E-state index in [-0.39, 0.29) is 16.0 Å². The van der Waals surface area contributed by atoms with E-state index in [0.29, 0.717) is 5.13 Å². The average Bonchev–Trinajstić information content (AvgIpc) is 2.77. The minimum atomic E-state index is -3.67. The zero-order valence-electron chi connectivity index (χ0n) is 10.3. The highest BCUT2D eigenvalue weighted by Crippen LogP contribution is 2.24. The zero-order valence-corrected chi connectivity index (χ0v) is 12.7. The van der Waals surface area contributed by atoms with Crippen LogP contribution in [0.4, 0.5) is 5.13 Å². The Morgan fingerprint density at radius 1 is 1.37 bits per heavy atom. The largest absolute Gasteiger partial charge is 0.265 e. The third-order valence-corrected chi connectivity index (χ3v) is 4.80. The van der Waals surface area contributed by atoms with Gasteiger partial charge in [0.2, 0.25) is 0 Å². The number of pyridine rings is 1. The van der Waals surface area contributed by atoms with Crippen molar-refractivity contribution in [2.75, 3.05) is 4.72 Å². The van der Waals surface area contributed by atoms with E-state index in [9.17, 15) is 8.42 Å². The van der Waals surface area contributed by atoms with Crippen LogP contribution in [0.5, 0.6) is 0 Å². The van der Waals surface area contributed by atoms with Crippen LogP contribution in [-0.2, 0) is 10.0 Å². The summed E-state index contributed by atoms with van der Waals surface area (Å²) in [5.41, 5.74) is 0.858. The van der Waals surface area contributed by atoms with Gasteiger partial charge in [0.1, 0.15) is 10.0 Å². The number of rotatable bonds is 4. The Morgan fingerprint density at radius 2 is 2.11 bits per heavy atom. The SMILES string of the molecule is CC(C)c1csc(NS(=O)(=O)c2ccc(Cl)nc2)n1. The Bertz CT molecular complexity index is 666. The van der Waals surface area contributed by atoms with Gasteiger partial charge in [-0.2, -0.15) is 0 Å². The molecular formula is C11H12ClN3O2S2. The van der Waals surface area contributed by atoms with Crippen molar-refractivity contribution in [3.8, 4) is 0 Å². The van der Waals surface area contributed by atoms with Crippen molar-refractivity contribution in [2.24, 2.45) is 0 Å². The van der Waals surface area contributed by atoms with Gasteiger partial charge >= 0.3 is 0 Å².